The summed E-state index contributed by atoms with van der Waals surface area (Å²) in [7, 11) is 1.60. The molecule has 0 unspecified atom stereocenters. The third-order valence-corrected chi connectivity index (χ3v) is 5.07. The van der Waals surface area contributed by atoms with Crippen molar-refractivity contribution in [1.29, 1.82) is 0 Å². The minimum atomic E-state index is 0.337. The molecule has 4 aromatic rings. The Morgan fingerprint density at radius 3 is 2.28 bits per heavy atom. The summed E-state index contributed by atoms with van der Waals surface area (Å²) in [4.78, 5) is 12.8. The van der Waals surface area contributed by atoms with Crippen LogP contribution in [0.4, 0.5) is 0 Å². The first-order chi connectivity index (χ1) is 14.4. The second-order valence-corrected chi connectivity index (χ2v) is 6.92. The molecule has 2 aromatic heterocycles. The van der Waals surface area contributed by atoms with E-state index < -0.39 is 0 Å². The summed E-state index contributed by atoms with van der Waals surface area (Å²) < 4.78 is 7.30. The molecule has 148 valence electrons. The quantitative estimate of drug-likeness (QED) is 0.444. The maximum Gasteiger partial charge on any atom is 0.245 e. The van der Waals surface area contributed by atoms with Crippen molar-refractivity contribution in [3.8, 4) is 5.88 Å². The molecule has 0 fully saturated rings. The van der Waals surface area contributed by atoms with Gasteiger partial charge in [0.15, 0.2) is 11.2 Å². The van der Waals surface area contributed by atoms with Crippen molar-refractivity contribution in [3.63, 3.8) is 0 Å². The summed E-state index contributed by atoms with van der Waals surface area (Å²) in [5.74, 6) is 0.851. The van der Waals surface area contributed by atoms with E-state index in [9.17, 15) is 0 Å². The number of benzene rings is 2. The Labute approximate surface area is 170 Å². The molecular formula is C23H25N5O. The van der Waals surface area contributed by atoms with Gasteiger partial charge < -0.3 is 14.6 Å². The highest BCUT2D eigenvalue weighted by molar-refractivity contribution is 5.75. The number of aryl methyl sites for hydroxylation is 1. The van der Waals surface area contributed by atoms with Gasteiger partial charge in [-0.05, 0) is 24.1 Å². The van der Waals surface area contributed by atoms with E-state index in [0.717, 1.165) is 31.7 Å². The van der Waals surface area contributed by atoms with Crippen molar-refractivity contribution >= 4 is 11.2 Å². The fourth-order valence-electron chi connectivity index (χ4n) is 3.59. The lowest BCUT2D eigenvalue weighted by Crippen LogP contribution is -2.24. The number of imidazole rings is 1. The smallest absolute Gasteiger partial charge is 0.245 e. The molecule has 0 aliphatic heterocycles. The third kappa shape index (κ3) is 4.43. The fraction of sp³-hybridized carbons (Fsp3) is 0.261. The molecule has 0 radical (unpaired) electrons. The van der Waals surface area contributed by atoms with Gasteiger partial charge >= 0.3 is 0 Å². The molecule has 2 aromatic carbocycles. The SMILES string of the molecule is COc1ncnc2c1ncn2CCCNCC(c1ccccc1)c1ccccc1. The number of ether oxygens (including phenoxy) is 1. The van der Waals surface area contributed by atoms with Gasteiger partial charge in [-0.2, -0.15) is 4.98 Å². The van der Waals surface area contributed by atoms with Crippen LogP contribution >= 0.6 is 0 Å². The van der Waals surface area contributed by atoms with Crippen LogP contribution in [0, 0.1) is 0 Å². The predicted molar refractivity (Wildman–Crippen MR) is 114 cm³/mol. The zero-order valence-corrected chi connectivity index (χ0v) is 16.5. The maximum absolute atomic E-state index is 5.25. The molecule has 0 aliphatic carbocycles. The Kier molecular flexibility index (Phi) is 6.12. The van der Waals surface area contributed by atoms with E-state index in [2.05, 4.69) is 80.9 Å². The maximum atomic E-state index is 5.25. The van der Waals surface area contributed by atoms with Gasteiger partial charge in [0.1, 0.15) is 6.33 Å². The third-order valence-electron chi connectivity index (χ3n) is 5.07. The van der Waals surface area contributed by atoms with Crippen molar-refractivity contribution in [2.75, 3.05) is 20.2 Å². The molecular weight excluding hydrogens is 362 g/mol. The van der Waals surface area contributed by atoms with Crippen LogP contribution in [0.5, 0.6) is 5.88 Å². The summed E-state index contributed by atoms with van der Waals surface area (Å²) in [6, 6.07) is 21.3. The van der Waals surface area contributed by atoms with Crippen LogP contribution in [-0.4, -0.2) is 39.7 Å². The first-order valence-electron chi connectivity index (χ1n) is 9.87. The van der Waals surface area contributed by atoms with E-state index in [-0.39, 0.29) is 0 Å². The van der Waals surface area contributed by atoms with E-state index in [4.69, 9.17) is 4.74 Å². The largest absolute Gasteiger partial charge is 0.479 e. The van der Waals surface area contributed by atoms with Gasteiger partial charge in [-0.25, -0.2) is 9.97 Å². The van der Waals surface area contributed by atoms with Gasteiger partial charge in [0, 0.05) is 19.0 Å². The van der Waals surface area contributed by atoms with Crippen LogP contribution in [0.15, 0.2) is 73.3 Å². The highest BCUT2D eigenvalue weighted by Gasteiger charge is 2.13. The highest BCUT2D eigenvalue weighted by Crippen LogP contribution is 2.23. The van der Waals surface area contributed by atoms with Gasteiger partial charge in [-0.15, -0.1) is 0 Å². The number of nitrogens with one attached hydrogen (secondary N) is 1. The topological polar surface area (TPSA) is 64.9 Å². The van der Waals surface area contributed by atoms with Crippen molar-refractivity contribution in [3.05, 3.63) is 84.4 Å². The number of rotatable bonds is 9. The summed E-state index contributed by atoms with van der Waals surface area (Å²) >= 11 is 0. The second-order valence-electron chi connectivity index (χ2n) is 6.92. The Morgan fingerprint density at radius 2 is 1.62 bits per heavy atom. The minimum Gasteiger partial charge on any atom is -0.479 e. The van der Waals surface area contributed by atoms with Gasteiger partial charge in [-0.1, -0.05) is 60.7 Å². The zero-order valence-electron chi connectivity index (χ0n) is 16.5. The van der Waals surface area contributed by atoms with Crippen LogP contribution in [-0.2, 0) is 6.54 Å². The van der Waals surface area contributed by atoms with E-state index in [0.29, 0.717) is 17.3 Å². The Morgan fingerprint density at radius 1 is 0.931 bits per heavy atom. The van der Waals surface area contributed by atoms with E-state index in [1.54, 1.807) is 13.4 Å². The van der Waals surface area contributed by atoms with Crippen LogP contribution in [0.25, 0.3) is 11.2 Å². The monoisotopic (exact) mass is 387 g/mol. The molecule has 0 atom stereocenters. The highest BCUT2D eigenvalue weighted by atomic mass is 16.5. The summed E-state index contributed by atoms with van der Waals surface area (Å²) in [5, 5.41) is 3.62. The number of aromatic nitrogens is 4. The predicted octanol–water partition coefficient (Wildman–Crippen LogP) is 3.65. The molecule has 0 aliphatic rings. The average Bonchev–Trinajstić information content (AvgIpc) is 3.20. The molecule has 1 N–H and O–H groups in total. The number of methoxy groups -OCH3 is 1. The molecule has 0 saturated heterocycles. The van der Waals surface area contributed by atoms with Gasteiger partial charge in [0.05, 0.1) is 13.4 Å². The number of fused-ring (bicyclic) bond motifs is 1. The Bertz CT molecular complexity index is 994. The minimum absolute atomic E-state index is 0.337. The molecule has 0 amide bonds. The van der Waals surface area contributed by atoms with Gasteiger partial charge in [-0.3, -0.25) is 0 Å². The van der Waals surface area contributed by atoms with Crippen molar-refractivity contribution in [1.82, 2.24) is 24.8 Å². The second kappa shape index (κ2) is 9.30. The van der Waals surface area contributed by atoms with Crippen molar-refractivity contribution in [2.45, 2.75) is 18.9 Å². The normalized spacial score (nSPS) is 11.2. The van der Waals surface area contributed by atoms with Crippen LogP contribution < -0.4 is 10.1 Å². The number of hydrogen-bond donors (Lipinski definition) is 1. The number of hydrogen-bond acceptors (Lipinski definition) is 5. The van der Waals surface area contributed by atoms with E-state index in [1.165, 1.54) is 17.5 Å². The summed E-state index contributed by atoms with van der Waals surface area (Å²) in [6.45, 7) is 2.65. The van der Waals surface area contributed by atoms with Gasteiger partial charge in [0.2, 0.25) is 5.88 Å². The first kappa shape index (κ1) is 19.1. The van der Waals surface area contributed by atoms with E-state index >= 15 is 0 Å². The summed E-state index contributed by atoms with van der Waals surface area (Å²) in [6.07, 6.45) is 4.30. The lowest BCUT2D eigenvalue weighted by molar-refractivity contribution is 0.401. The molecule has 4 rings (SSSR count). The lowest BCUT2D eigenvalue weighted by Gasteiger charge is -2.19. The van der Waals surface area contributed by atoms with Gasteiger partial charge in [0.25, 0.3) is 0 Å². The number of nitrogens with zero attached hydrogens (tertiary/aromatic N) is 4. The standard InChI is InChI=1S/C23H25N5O/c1-29-23-21-22(25-16-26-23)28(17-27-21)14-8-13-24-15-20(18-9-4-2-5-10-18)19-11-6-3-7-12-19/h2-7,9-12,16-17,20,24H,8,13-15H2,1H3. The molecule has 6 nitrogen and oxygen atoms in total. The van der Waals surface area contributed by atoms with Crippen molar-refractivity contribution in [2.24, 2.45) is 0 Å². The fourth-order valence-corrected chi connectivity index (χ4v) is 3.59. The molecule has 6 heteroatoms. The lowest BCUT2D eigenvalue weighted by atomic mass is 9.91. The molecule has 0 spiro atoms. The van der Waals surface area contributed by atoms with Crippen LogP contribution in [0.1, 0.15) is 23.5 Å². The Balaban J connectivity index is 1.35. The first-order valence-corrected chi connectivity index (χ1v) is 9.87. The zero-order chi connectivity index (χ0) is 19.9. The average molecular weight is 387 g/mol. The molecule has 0 saturated carbocycles. The van der Waals surface area contributed by atoms with Crippen LogP contribution in [0.2, 0.25) is 0 Å². The molecule has 29 heavy (non-hydrogen) atoms. The summed E-state index contributed by atoms with van der Waals surface area (Å²) in [5.41, 5.74) is 4.17. The molecule has 2 heterocycles. The Hall–Kier alpha value is -3.25. The van der Waals surface area contributed by atoms with Crippen LogP contribution in [0.3, 0.4) is 0 Å². The molecule has 0 bridgehead atoms. The van der Waals surface area contributed by atoms with Crippen molar-refractivity contribution < 1.29 is 4.74 Å². The van der Waals surface area contributed by atoms with E-state index in [1.807, 2.05) is 4.57 Å².